The number of phenols is 2. The van der Waals surface area contributed by atoms with Crippen LogP contribution in [0.15, 0.2) is 66.7 Å². The Balaban J connectivity index is 1.32. The highest BCUT2D eigenvalue weighted by atomic mass is 16.5. The van der Waals surface area contributed by atoms with E-state index in [9.17, 15) is 10.2 Å². The molecular weight excluding hydrogens is 448 g/mol. The summed E-state index contributed by atoms with van der Waals surface area (Å²) in [7, 11) is 0. The van der Waals surface area contributed by atoms with Crippen molar-refractivity contribution in [2.24, 2.45) is 5.92 Å². The summed E-state index contributed by atoms with van der Waals surface area (Å²) in [6.07, 6.45) is 10.4. The van der Waals surface area contributed by atoms with Gasteiger partial charge in [0.25, 0.3) is 0 Å². The second-order valence-electron chi connectivity index (χ2n) is 10.2. The first-order chi connectivity index (χ1) is 17.6. The SMILES string of the molecule is CC1=C(c2ccc(O)cc2)[C@@H](c2ccc(OCCCC3CCCCCC3)cc2)Oc2cc(O)ccc21. The number of allylic oxidation sites excluding steroid dienone is 1. The van der Waals surface area contributed by atoms with Gasteiger partial charge in [-0.05, 0) is 78.8 Å². The molecule has 0 bridgehead atoms. The topological polar surface area (TPSA) is 58.9 Å². The lowest BCUT2D eigenvalue weighted by Crippen LogP contribution is -2.16. The molecule has 0 spiro atoms. The number of phenolic OH excluding ortho intramolecular Hbond substituents is 2. The van der Waals surface area contributed by atoms with Crippen LogP contribution in [0, 0.1) is 5.92 Å². The Hall–Kier alpha value is -3.40. The van der Waals surface area contributed by atoms with Crippen molar-refractivity contribution in [3.63, 3.8) is 0 Å². The lowest BCUT2D eigenvalue weighted by molar-refractivity contribution is 0.258. The maximum Gasteiger partial charge on any atom is 0.150 e. The van der Waals surface area contributed by atoms with Crippen molar-refractivity contribution in [2.45, 2.75) is 64.4 Å². The van der Waals surface area contributed by atoms with E-state index in [-0.39, 0.29) is 17.6 Å². The van der Waals surface area contributed by atoms with E-state index in [1.165, 1.54) is 44.9 Å². The third-order valence-electron chi connectivity index (χ3n) is 7.64. The average molecular weight is 485 g/mol. The summed E-state index contributed by atoms with van der Waals surface area (Å²) in [5, 5.41) is 19.8. The fraction of sp³-hybridized carbons (Fsp3) is 0.375. The van der Waals surface area contributed by atoms with Crippen molar-refractivity contribution in [1.82, 2.24) is 0 Å². The predicted molar refractivity (Wildman–Crippen MR) is 144 cm³/mol. The Morgan fingerprint density at radius 2 is 1.53 bits per heavy atom. The van der Waals surface area contributed by atoms with Crippen LogP contribution in [0.2, 0.25) is 0 Å². The van der Waals surface area contributed by atoms with Crippen molar-refractivity contribution in [1.29, 1.82) is 0 Å². The van der Waals surface area contributed by atoms with Gasteiger partial charge in [-0.15, -0.1) is 0 Å². The second kappa shape index (κ2) is 11.1. The van der Waals surface area contributed by atoms with Gasteiger partial charge >= 0.3 is 0 Å². The zero-order valence-electron chi connectivity index (χ0n) is 21.1. The van der Waals surface area contributed by atoms with Gasteiger partial charge in [-0.2, -0.15) is 0 Å². The molecule has 1 atom stereocenters. The van der Waals surface area contributed by atoms with E-state index in [1.807, 2.05) is 30.3 Å². The first kappa shape index (κ1) is 24.3. The predicted octanol–water partition coefficient (Wildman–Crippen LogP) is 8.29. The molecule has 3 aromatic carbocycles. The molecule has 1 aliphatic carbocycles. The van der Waals surface area contributed by atoms with Gasteiger partial charge in [0.15, 0.2) is 0 Å². The molecule has 2 aliphatic rings. The summed E-state index contributed by atoms with van der Waals surface area (Å²) in [6.45, 7) is 2.83. The van der Waals surface area contributed by atoms with Crippen molar-refractivity contribution in [3.8, 4) is 23.0 Å². The fourth-order valence-electron chi connectivity index (χ4n) is 5.64. The van der Waals surface area contributed by atoms with Crippen molar-refractivity contribution in [3.05, 3.63) is 83.4 Å². The fourth-order valence-corrected chi connectivity index (χ4v) is 5.64. The minimum absolute atomic E-state index is 0.181. The highest BCUT2D eigenvalue weighted by Gasteiger charge is 2.29. The van der Waals surface area contributed by atoms with Crippen LogP contribution in [0.3, 0.4) is 0 Å². The third-order valence-corrected chi connectivity index (χ3v) is 7.64. The van der Waals surface area contributed by atoms with Crippen LogP contribution in [0.1, 0.15) is 81.1 Å². The van der Waals surface area contributed by atoms with E-state index in [0.717, 1.165) is 52.5 Å². The summed E-state index contributed by atoms with van der Waals surface area (Å²) in [4.78, 5) is 0. The molecule has 1 fully saturated rings. The number of hydrogen-bond acceptors (Lipinski definition) is 4. The van der Waals surface area contributed by atoms with Crippen LogP contribution < -0.4 is 9.47 Å². The Kier molecular flexibility index (Phi) is 7.50. The van der Waals surface area contributed by atoms with Crippen molar-refractivity contribution >= 4 is 11.1 Å². The standard InChI is InChI=1S/C32H36O4/c1-22-29-19-16-27(34)21-30(29)36-32(31(22)24-10-14-26(33)15-11-24)25-12-17-28(18-13-25)35-20-6-9-23-7-4-2-3-5-8-23/h10-19,21,23,32-34H,2-9,20H2,1H3/t32-/m1/s1. The van der Waals surface area contributed by atoms with Crippen LogP contribution in [0.4, 0.5) is 0 Å². The van der Waals surface area contributed by atoms with E-state index in [0.29, 0.717) is 5.75 Å². The normalized spacial score (nSPS) is 18.3. The molecule has 0 aromatic heterocycles. The number of rotatable bonds is 7. The lowest BCUT2D eigenvalue weighted by atomic mass is 9.86. The van der Waals surface area contributed by atoms with Gasteiger partial charge in [-0.3, -0.25) is 0 Å². The number of hydrogen-bond donors (Lipinski definition) is 2. The van der Waals surface area contributed by atoms with Crippen molar-refractivity contribution < 1.29 is 19.7 Å². The van der Waals surface area contributed by atoms with Gasteiger partial charge in [-0.25, -0.2) is 0 Å². The molecule has 1 aliphatic heterocycles. The van der Waals surface area contributed by atoms with Crippen LogP contribution >= 0.6 is 0 Å². The Morgan fingerprint density at radius 3 is 2.25 bits per heavy atom. The quantitative estimate of drug-likeness (QED) is 0.262. The van der Waals surface area contributed by atoms with Gasteiger partial charge in [-0.1, -0.05) is 62.8 Å². The molecular formula is C32H36O4. The summed E-state index contributed by atoms with van der Waals surface area (Å²) < 4.78 is 12.5. The minimum atomic E-state index is -0.340. The van der Waals surface area contributed by atoms with E-state index in [2.05, 4.69) is 19.1 Å². The molecule has 1 heterocycles. The Bertz CT molecular complexity index is 1190. The molecule has 4 nitrogen and oxygen atoms in total. The van der Waals surface area contributed by atoms with Gasteiger partial charge < -0.3 is 19.7 Å². The summed E-state index contributed by atoms with van der Waals surface area (Å²) in [5.41, 5.74) is 5.10. The van der Waals surface area contributed by atoms with Crippen LogP contribution in [0.25, 0.3) is 11.1 Å². The molecule has 0 unspecified atom stereocenters. The number of ether oxygens (including phenoxy) is 2. The first-order valence-corrected chi connectivity index (χ1v) is 13.3. The molecule has 1 saturated carbocycles. The molecule has 0 amide bonds. The Labute approximate surface area is 214 Å². The third kappa shape index (κ3) is 5.53. The van der Waals surface area contributed by atoms with E-state index >= 15 is 0 Å². The largest absolute Gasteiger partial charge is 0.508 e. The minimum Gasteiger partial charge on any atom is -0.508 e. The van der Waals surface area contributed by atoms with Gasteiger partial charge in [0, 0.05) is 17.2 Å². The highest BCUT2D eigenvalue weighted by Crippen LogP contribution is 2.47. The zero-order valence-corrected chi connectivity index (χ0v) is 21.1. The molecule has 36 heavy (non-hydrogen) atoms. The van der Waals surface area contributed by atoms with Gasteiger partial charge in [0.05, 0.1) is 6.61 Å². The number of fused-ring (bicyclic) bond motifs is 1. The molecule has 0 radical (unpaired) electrons. The van der Waals surface area contributed by atoms with Gasteiger partial charge in [0.2, 0.25) is 0 Å². The summed E-state index contributed by atoms with van der Waals surface area (Å²) in [5.74, 6) is 2.83. The van der Waals surface area contributed by atoms with Crippen molar-refractivity contribution in [2.75, 3.05) is 6.61 Å². The zero-order chi connectivity index (χ0) is 24.9. The summed E-state index contributed by atoms with van der Waals surface area (Å²) >= 11 is 0. The summed E-state index contributed by atoms with van der Waals surface area (Å²) in [6, 6.07) is 20.6. The van der Waals surface area contributed by atoms with Gasteiger partial charge in [0.1, 0.15) is 29.1 Å². The number of aromatic hydroxyl groups is 2. The molecule has 188 valence electrons. The monoisotopic (exact) mass is 484 g/mol. The maximum absolute atomic E-state index is 10.0. The molecule has 0 saturated heterocycles. The van der Waals surface area contributed by atoms with Crippen LogP contribution in [-0.4, -0.2) is 16.8 Å². The lowest BCUT2D eigenvalue weighted by Gasteiger charge is -2.31. The average Bonchev–Trinajstić information content (AvgIpc) is 3.16. The van der Waals surface area contributed by atoms with E-state index < -0.39 is 0 Å². The van der Waals surface area contributed by atoms with Crippen LogP contribution in [-0.2, 0) is 0 Å². The second-order valence-corrected chi connectivity index (χ2v) is 10.2. The molecule has 4 heteroatoms. The molecule has 3 aromatic rings. The first-order valence-electron chi connectivity index (χ1n) is 13.3. The molecule has 5 rings (SSSR count). The highest BCUT2D eigenvalue weighted by molar-refractivity contribution is 5.95. The number of benzene rings is 3. The maximum atomic E-state index is 10.0. The van der Waals surface area contributed by atoms with Crippen LogP contribution in [0.5, 0.6) is 23.0 Å². The van der Waals surface area contributed by atoms with E-state index in [1.54, 1.807) is 24.3 Å². The van der Waals surface area contributed by atoms with E-state index in [4.69, 9.17) is 9.47 Å². The Morgan fingerprint density at radius 1 is 0.833 bits per heavy atom. The molecule has 2 N–H and O–H groups in total. The smallest absolute Gasteiger partial charge is 0.150 e.